The summed E-state index contributed by atoms with van der Waals surface area (Å²) < 4.78 is 32.9. The molecular formula is C24H25NO4S. The van der Waals surface area contributed by atoms with Crippen LogP contribution in [0.25, 0.3) is 0 Å². The summed E-state index contributed by atoms with van der Waals surface area (Å²) >= 11 is 0. The minimum absolute atomic E-state index is 0.0625. The first-order valence-electron chi connectivity index (χ1n) is 9.83. The Labute approximate surface area is 178 Å². The maximum absolute atomic E-state index is 12.6. The van der Waals surface area contributed by atoms with Crippen LogP contribution < -0.4 is 4.72 Å². The third-order valence-electron chi connectivity index (χ3n) is 4.93. The Morgan fingerprint density at radius 3 is 2.50 bits per heavy atom. The van der Waals surface area contributed by atoms with Gasteiger partial charge in [-0.25, -0.2) is 13.1 Å². The summed E-state index contributed by atoms with van der Waals surface area (Å²) in [5, 5.41) is 0. The molecule has 0 unspecified atom stereocenters. The number of esters is 1. The van der Waals surface area contributed by atoms with Gasteiger partial charge >= 0.3 is 5.97 Å². The van der Waals surface area contributed by atoms with Gasteiger partial charge in [0.1, 0.15) is 0 Å². The van der Waals surface area contributed by atoms with Crippen molar-refractivity contribution in [3.8, 4) is 11.8 Å². The monoisotopic (exact) mass is 423 g/mol. The van der Waals surface area contributed by atoms with E-state index in [1.807, 2.05) is 43.3 Å². The molecule has 0 saturated carbocycles. The van der Waals surface area contributed by atoms with Crippen molar-refractivity contribution in [2.45, 2.75) is 43.5 Å². The van der Waals surface area contributed by atoms with Crippen molar-refractivity contribution < 1.29 is 17.9 Å². The number of hydrogen-bond donors (Lipinski definition) is 1. The Kier molecular flexibility index (Phi) is 7.09. The van der Waals surface area contributed by atoms with E-state index < -0.39 is 10.0 Å². The summed E-state index contributed by atoms with van der Waals surface area (Å²) in [7, 11) is -3.55. The summed E-state index contributed by atoms with van der Waals surface area (Å²) in [6.45, 7) is 3.34. The highest BCUT2D eigenvalue weighted by Crippen LogP contribution is 2.30. The van der Waals surface area contributed by atoms with Gasteiger partial charge in [0.15, 0.2) is 6.61 Å². The molecule has 2 atom stereocenters. The maximum atomic E-state index is 12.6. The third kappa shape index (κ3) is 5.82. The molecule has 0 saturated heterocycles. The number of carbonyl (C=O) groups is 1. The quantitative estimate of drug-likeness (QED) is 0.452. The van der Waals surface area contributed by atoms with E-state index in [0.717, 1.165) is 23.1 Å². The molecule has 2 aromatic carbocycles. The lowest BCUT2D eigenvalue weighted by Gasteiger charge is -2.24. The van der Waals surface area contributed by atoms with E-state index in [0.29, 0.717) is 6.42 Å². The van der Waals surface area contributed by atoms with Crippen molar-refractivity contribution in [1.29, 1.82) is 0 Å². The minimum atomic E-state index is -3.55. The lowest BCUT2D eigenvalue weighted by molar-refractivity contribution is -0.139. The number of carbonyl (C=O) groups excluding carboxylic acids is 1. The van der Waals surface area contributed by atoms with Crippen LogP contribution in [0.3, 0.4) is 0 Å². The zero-order valence-corrected chi connectivity index (χ0v) is 17.9. The molecule has 3 rings (SSSR count). The van der Waals surface area contributed by atoms with Crippen molar-refractivity contribution in [3.05, 3.63) is 77.4 Å². The third-order valence-corrected chi connectivity index (χ3v) is 6.44. The summed E-state index contributed by atoms with van der Waals surface area (Å²) in [5.74, 6) is 5.74. The lowest BCUT2D eigenvalue weighted by atomic mass is 9.85. The second-order valence-corrected chi connectivity index (χ2v) is 8.99. The van der Waals surface area contributed by atoms with Gasteiger partial charge in [-0.2, -0.15) is 0 Å². The van der Waals surface area contributed by atoms with Crippen molar-refractivity contribution in [2.75, 3.05) is 6.61 Å². The summed E-state index contributed by atoms with van der Waals surface area (Å²) in [4.78, 5) is 11.1. The number of hydrogen-bond acceptors (Lipinski definition) is 4. The molecule has 6 heteroatoms. The van der Waals surface area contributed by atoms with Gasteiger partial charge < -0.3 is 4.74 Å². The van der Waals surface area contributed by atoms with Gasteiger partial charge in [-0.3, -0.25) is 4.79 Å². The van der Waals surface area contributed by atoms with Crippen LogP contribution in [0.1, 0.15) is 42.4 Å². The van der Waals surface area contributed by atoms with E-state index in [2.05, 4.69) is 16.6 Å². The minimum Gasteiger partial charge on any atom is -0.453 e. The average molecular weight is 424 g/mol. The number of ether oxygens (including phenoxy) is 1. The van der Waals surface area contributed by atoms with Gasteiger partial charge in [0, 0.05) is 24.4 Å². The molecule has 5 nitrogen and oxygen atoms in total. The molecule has 30 heavy (non-hydrogen) atoms. The summed E-state index contributed by atoms with van der Waals surface area (Å²) in [6, 6.07) is 14.4. The zero-order chi connectivity index (χ0) is 21.6. The van der Waals surface area contributed by atoms with Crippen molar-refractivity contribution in [2.24, 2.45) is 0 Å². The normalized spacial score (nSPS) is 18.3. The fourth-order valence-electron chi connectivity index (χ4n) is 3.37. The smallest absolute Gasteiger partial charge is 0.303 e. The van der Waals surface area contributed by atoms with Gasteiger partial charge in [-0.15, -0.1) is 0 Å². The van der Waals surface area contributed by atoms with E-state index in [-0.39, 0.29) is 29.4 Å². The SMILES string of the molecule is CC(=O)OCC#Cc1ccccc1[C@H]1C=C[C@H](NS(=O)(=O)c2ccc(C)cc2)CC1. The molecule has 0 aromatic heterocycles. The molecule has 2 aromatic rings. The largest absolute Gasteiger partial charge is 0.453 e. The highest BCUT2D eigenvalue weighted by Gasteiger charge is 2.23. The average Bonchev–Trinajstić information content (AvgIpc) is 2.72. The first kappa shape index (κ1) is 21.8. The van der Waals surface area contributed by atoms with Crippen LogP contribution >= 0.6 is 0 Å². The van der Waals surface area contributed by atoms with Crippen LogP contribution in [-0.4, -0.2) is 27.0 Å². The molecule has 0 bridgehead atoms. The van der Waals surface area contributed by atoms with Gasteiger partial charge in [0.2, 0.25) is 10.0 Å². The van der Waals surface area contributed by atoms with Crippen molar-refractivity contribution >= 4 is 16.0 Å². The highest BCUT2D eigenvalue weighted by atomic mass is 32.2. The second-order valence-electron chi connectivity index (χ2n) is 7.28. The number of nitrogens with one attached hydrogen (secondary N) is 1. The maximum Gasteiger partial charge on any atom is 0.303 e. The topological polar surface area (TPSA) is 72.5 Å². The Balaban J connectivity index is 1.69. The van der Waals surface area contributed by atoms with E-state index >= 15 is 0 Å². The van der Waals surface area contributed by atoms with Gasteiger partial charge in [0.25, 0.3) is 0 Å². The van der Waals surface area contributed by atoms with Crippen LogP contribution in [0.15, 0.2) is 65.6 Å². The molecule has 1 N–H and O–H groups in total. The van der Waals surface area contributed by atoms with E-state index in [9.17, 15) is 13.2 Å². The predicted molar refractivity (Wildman–Crippen MR) is 116 cm³/mol. The Morgan fingerprint density at radius 1 is 1.10 bits per heavy atom. The molecule has 1 aliphatic carbocycles. The van der Waals surface area contributed by atoms with Gasteiger partial charge in [-0.05, 0) is 43.5 Å². The van der Waals surface area contributed by atoms with Crippen LogP contribution in [-0.2, 0) is 19.6 Å². The fourth-order valence-corrected chi connectivity index (χ4v) is 4.59. The summed E-state index contributed by atoms with van der Waals surface area (Å²) in [5.41, 5.74) is 2.99. The molecule has 0 aliphatic heterocycles. The number of aryl methyl sites for hydroxylation is 1. The molecule has 0 fully saturated rings. The number of allylic oxidation sites excluding steroid dienone is 1. The van der Waals surface area contributed by atoms with E-state index in [1.54, 1.807) is 24.3 Å². The molecule has 1 aliphatic rings. The Hall–Kier alpha value is -2.88. The van der Waals surface area contributed by atoms with Crippen molar-refractivity contribution in [3.63, 3.8) is 0 Å². The Morgan fingerprint density at radius 2 is 1.83 bits per heavy atom. The fraction of sp³-hybridized carbons (Fsp3) is 0.292. The molecule has 0 radical (unpaired) electrons. The number of benzene rings is 2. The van der Waals surface area contributed by atoms with Crippen LogP contribution in [0, 0.1) is 18.8 Å². The second kappa shape index (κ2) is 9.75. The highest BCUT2D eigenvalue weighted by molar-refractivity contribution is 7.89. The molecule has 0 heterocycles. The predicted octanol–water partition coefficient (Wildman–Crippen LogP) is 3.69. The lowest BCUT2D eigenvalue weighted by Crippen LogP contribution is -2.35. The van der Waals surface area contributed by atoms with E-state index in [1.165, 1.54) is 6.92 Å². The zero-order valence-electron chi connectivity index (χ0n) is 17.1. The van der Waals surface area contributed by atoms with E-state index in [4.69, 9.17) is 4.74 Å². The summed E-state index contributed by atoms with van der Waals surface area (Å²) in [6.07, 6.45) is 5.46. The standard InChI is InChI=1S/C24H25NO4S/c1-18-9-15-23(16-10-18)30(27,28)25-22-13-11-21(12-14-22)24-8-4-3-6-20(24)7-5-17-29-19(2)26/h3-4,6,8-11,13,15-16,21-22,25H,12,14,17H2,1-2H3/t21-,22-/m0/s1. The number of rotatable bonds is 5. The molecule has 156 valence electrons. The molecule has 0 amide bonds. The molecule has 0 spiro atoms. The first-order chi connectivity index (χ1) is 14.3. The van der Waals surface area contributed by atoms with Crippen LogP contribution in [0.2, 0.25) is 0 Å². The first-order valence-corrected chi connectivity index (χ1v) is 11.3. The number of sulfonamides is 1. The Bertz CT molecular complexity index is 1090. The van der Waals surface area contributed by atoms with Crippen molar-refractivity contribution in [1.82, 2.24) is 4.72 Å². The van der Waals surface area contributed by atoms with Crippen LogP contribution in [0.4, 0.5) is 0 Å². The van der Waals surface area contributed by atoms with Crippen LogP contribution in [0.5, 0.6) is 0 Å². The molecular weight excluding hydrogens is 398 g/mol. The van der Waals surface area contributed by atoms with Gasteiger partial charge in [0.05, 0.1) is 4.90 Å². The van der Waals surface area contributed by atoms with Gasteiger partial charge in [-0.1, -0.05) is 59.9 Å².